The van der Waals surface area contributed by atoms with E-state index in [1.165, 1.54) is 25.7 Å². The molecule has 1 fully saturated rings. The van der Waals surface area contributed by atoms with Gasteiger partial charge in [-0.05, 0) is 37.4 Å². The number of anilines is 1. The predicted octanol–water partition coefficient (Wildman–Crippen LogP) is 2.24. The van der Waals surface area contributed by atoms with E-state index in [4.69, 9.17) is 4.52 Å². The molecule has 1 aromatic heterocycles. The molecule has 0 spiro atoms. The molecular weight excluding hydrogens is 240 g/mol. The summed E-state index contributed by atoms with van der Waals surface area (Å²) in [7, 11) is 1.98. The highest BCUT2D eigenvalue weighted by molar-refractivity contribution is 5.25. The molecule has 108 valence electrons. The molecule has 1 aromatic rings. The number of hydrogen-bond donors (Lipinski definition) is 1. The van der Waals surface area contributed by atoms with Crippen molar-refractivity contribution in [3.63, 3.8) is 0 Å². The standard InChI is InChI=1S/C14H26N4O/c1-4-15-12(11-8-6-7-9-11)10-13-16-14(17-19-13)18(3)5-2/h11-12,15H,4-10H2,1-3H3. The van der Waals surface area contributed by atoms with Crippen LogP contribution >= 0.6 is 0 Å². The van der Waals surface area contributed by atoms with Crippen LogP contribution in [0.15, 0.2) is 4.52 Å². The van der Waals surface area contributed by atoms with E-state index in [-0.39, 0.29) is 0 Å². The fourth-order valence-corrected chi connectivity index (χ4v) is 2.84. The first kappa shape index (κ1) is 14.3. The van der Waals surface area contributed by atoms with Gasteiger partial charge in [0.05, 0.1) is 0 Å². The van der Waals surface area contributed by atoms with E-state index in [1.807, 2.05) is 11.9 Å². The second kappa shape index (κ2) is 6.89. The van der Waals surface area contributed by atoms with Crippen molar-refractivity contribution in [1.82, 2.24) is 15.5 Å². The average Bonchev–Trinajstić information content (AvgIpc) is 3.08. The summed E-state index contributed by atoms with van der Waals surface area (Å²) in [5.41, 5.74) is 0. The van der Waals surface area contributed by atoms with Crippen LogP contribution in [0.25, 0.3) is 0 Å². The molecule has 1 atom stereocenters. The molecule has 1 unspecified atom stereocenters. The third kappa shape index (κ3) is 3.69. The van der Waals surface area contributed by atoms with Crippen LogP contribution in [0.3, 0.4) is 0 Å². The molecule has 1 heterocycles. The molecule has 0 radical (unpaired) electrons. The third-order valence-corrected chi connectivity index (χ3v) is 4.10. The van der Waals surface area contributed by atoms with E-state index in [9.17, 15) is 0 Å². The average molecular weight is 266 g/mol. The Morgan fingerprint density at radius 1 is 1.37 bits per heavy atom. The van der Waals surface area contributed by atoms with Gasteiger partial charge in [-0.1, -0.05) is 19.8 Å². The Morgan fingerprint density at radius 3 is 2.74 bits per heavy atom. The maximum Gasteiger partial charge on any atom is 0.265 e. The Kier molecular flexibility index (Phi) is 5.19. The largest absolute Gasteiger partial charge is 0.342 e. The first-order valence-electron chi connectivity index (χ1n) is 7.51. The quantitative estimate of drug-likeness (QED) is 0.820. The van der Waals surface area contributed by atoms with Crippen molar-refractivity contribution in [3.05, 3.63) is 5.89 Å². The summed E-state index contributed by atoms with van der Waals surface area (Å²) in [6.07, 6.45) is 6.23. The Bertz CT molecular complexity index is 373. The van der Waals surface area contributed by atoms with Crippen molar-refractivity contribution in [3.8, 4) is 0 Å². The summed E-state index contributed by atoms with van der Waals surface area (Å²) < 4.78 is 5.38. The number of aromatic nitrogens is 2. The Labute approximate surface area is 115 Å². The highest BCUT2D eigenvalue weighted by Crippen LogP contribution is 2.29. The van der Waals surface area contributed by atoms with E-state index < -0.39 is 0 Å². The maximum atomic E-state index is 5.38. The first-order valence-corrected chi connectivity index (χ1v) is 7.51. The van der Waals surface area contributed by atoms with Crippen LogP contribution < -0.4 is 10.2 Å². The minimum absolute atomic E-state index is 0.479. The van der Waals surface area contributed by atoms with Crippen molar-refractivity contribution in [2.45, 2.75) is 52.0 Å². The van der Waals surface area contributed by atoms with Gasteiger partial charge in [-0.15, -0.1) is 0 Å². The molecular formula is C14H26N4O. The molecule has 1 aliphatic carbocycles. The minimum Gasteiger partial charge on any atom is -0.342 e. The van der Waals surface area contributed by atoms with Crippen LogP contribution in [0, 0.1) is 5.92 Å². The lowest BCUT2D eigenvalue weighted by Gasteiger charge is -2.22. The van der Waals surface area contributed by atoms with Crippen molar-refractivity contribution >= 4 is 5.95 Å². The van der Waals surface area contributed by atoms with Gasteiger partial charge >= 0.3 is 0 Å². The van der Waals surface area contributed by atoms with Crippen molar-refractivity contribution in [1.29, 1.82) is 0 Å². The van der Waals surface area contributed by atoms with Gasteiger partial charge in [0, 0.05) is 26.1 Å². The highest BCUT2D eigenvalue weighted by atomic mass is 16.5. The normalized spacial score (nSPS) is 17.8. The lowest BCUT2D eigenvalue weighted by atomic mass is 9.95. The number of hydrogen-bond acceptors (Lipinski definition) is 5. The van der Waals surface area contributed by atoms with Gasteiger partial charge < -0.3 is 14.7 Å². The van der Waals surface area contributed by atoms with Crippen molar-refractivity contribution < 1.29 is 4.52 Å². The SMILES string of the molecule is CCNC(Cc1nc(N(C)CC)no1)C1CCCC1. The summed E-state index contributed by atoms with van der Waals surface area (Å²) in [4.78, 5) is 6.47. The summed E-state index contributed by atoms with van der Waals surface area (Å²) in [6, 6.07) is 0.479. The second-order valence-corrected chi connectivity index (χ2v) is 5.42. The Morgan fingerprint density at radius 2 is 2.11 bits per heavy atom. The van der Waals surface area contributed by atoms with E-state index in [2.05, 4.69) is 29.3 Å². The number of nitrogens with one attached hydrogen (secondary N) is 1. The molecule has 0 aliphatic heterocycles. The lowest BCUT2D eigenvalue weighted by molar-refractivity contribution is 0.311. The molecule has 2 rings (SSSR count). The van der Waals surface area contributed by atoms with Gasteiger partial charge in [0.2, 0.25) is 5.89 Å². The molecule has 5 heteroatoms. The summed E-state index contributed by atoms with van der Waals surface area (Å²) >= 11 is 0. The van der Waals surface area contributed by atoms with Gasteiger partial charge in [-0.2, -0.15) is 4.98 Å². The van der Waals surface area contributed by atoms with E-state index in [1.54, 1.807) is 0 Å². The number of likely N-dealkylation sites (N-methyl/N-ethyl adjacent to an activating group) is 1. The molecule has 0 amide bonds. The molecule has 19 heavy (non-hydrogen) atoms. The van der Waals surface area contributed by atoms with Crippen LogP contribution in [0.5, 0.6) is 0 Å². The number of nitrogens with zero attached hydrogens (tertiary/aromatic N) is 3. The zero-order valence-electron chi connectivity index (χ0n) is 12.4. The highest BCUT2D eigenvalue weighted by Gasteiger charge is 2.26. The van der Waals surface area contributed by atoms with Gasteiger partial charge in [0.25, 0.3) is 5.95 Å². The van der Waals surface area contributed by atoms with Crippen LogP contribution in [0.4, 0.5) is 5.95 Å². The summed E-state index contributed by atoms with van der Waals surface area (Å²) in [5, 5.41) is 7.62. The summed E-state index contributed by atoms with van der Waals surface area (Å²) in [5.74, 6) is 2.21. The molecule has 5 nitrogen and oxygen atoms in total. The Hall–Kier alpha value is -1.10. The van der Waals surface area contributed by atoms with Crippen LogP contribution in [0.1, 0.15) is 45.4 Å². The fourth-order valence-electron chi connectivity index (χ4n) is 2.84. The van der Waals surface area contributed by atoms with Crippen LogP contribution in [-0.4, -0.2) is 36.3 Å². The van der Waals surface area contributed by atoms with Gasteiger partial charge in [0.1, 0.15) is 0 Å². The molecule has 1 saturated carbocycles. The van der Waals surface area contributed by atoms with Crippen LogP contribution in [-0.2, 0) is 6.42 Å². The smallest absolute Gasteiger partial charge is 0.265 e. The van der Waals surface area contributed by atoms with Crippen molar-refractivity contribution in [2.75, 3.05) is 25.0 Å². The zero-order chi connectivity index (χ0) is 13.7. The van der Waals surface area contributed by atoms with E-state index in [0.29, 0.717) is 12.0 Å². The van der Waals surface area contributed by atoms with E-state index in [0.717, 1.165) is 31.3 Å². The topological polar surface area (TPSA) is 54.2 Å². The lowest BCUT2D eigenvalue weighted by Crippen LogP contribution is -2.37. The van der Waals surface area contributed by atoms with Gasteiger partial charge in [-0.25, -0.2) is 0 Å². The molecule has 1 aliphatic rings. The fraction of sp³-hybridized carbons (Fsp3) is 0.857. The number of rotatable bonds is 7. The molecule has 0 bridgehead atoms. The predicted molar refractivity (Wildman–Crippen MR) is 76.4 cm³/mol. The zero-order valence-corrected chi connectivity index (χ0v) is 12.4. The van der Waals surface area contributed by atoms with Crippen molar-refractivity contribution in [2.24, 2.45) is 5.92 Å². The molecule has 1 N–H and O–H groups in total. The minimum atomic E-state index is 0.479. The monoisotopic (exact) mass is 266 g/mol. The van der Waals surface area contributed by atoms with Gasteiger partial charge in [-0.3, -0.25) is 0 Å². The Balaban J connectivity index is 1.97. The maximum absolute atomic E-state index is 5.38. The summed E-state index contributed by atoms with van der Waals surface area (Å²) in [6.45, 7) is 6.12. The third-order valence-electron chi connectivity index (χ3n) is 4.10. The van der Waals surface area contributed by atoms with E-state index >= 15 is 0 Å². The molecule has 0 saturated heterocycles. The van der Waals surface area contributed by atoms with Crippen LogP contribution in [0.2, 0.25) is 0 Å². The second-order valence-electron chi connectivity index (χ2n) is 5.42. The first-order chi connectivity index (χ1) is 9.24. The molecule has 0 aromatic carbocycles. The van der Waals surface area contributed by atoms with Gasteiger partial charge in [0.15, 0.2) is 0 Å².